The van der Waals surface area contributed by atoms with Gasteiger partial charge in [0.1, 0.15) is 0 Å². The fourth-order valence-electron chi connectivity index (χ4n) is 5.81. The number of hydrogen-bond donors (Lipinski definition) is 0. The molecule has 0 saturated heterocycles. The molecule has 3 heteroatoms. The van der Waals surface area contributed by atoms with E-state index in [2.05, 4.69) is 174 Å². The van der Waals surface area contributed by atoms with Gasteiger partial charge < -0.3 is 24.8 Å². The molecule has 244 valence electrons. The Balaban J connectivity index is 0.000000228. The minimum absolute atomic E-state index is 0. The van der Waals surface area contributed by atoms with Crippen molar-refractivity contribution in [1.82, 2.24) is 0 Å². The molecule has 0 radical (unpaired) electrons. The summed E-state index contributed by atoms with van der Waals surface area (Å²) < 4.78 is 1.46. The molecule has 0 bridgehead atoms. The van der Waals surface area contributed by atoms with Gasteiger partial charge in [0.25, 0.3) is 0 Å². The summed E-state index contributed by atoms with van der Waals surface area (Å²) in [5, 5.41) is 0. The average Bonchev–Trinajstić information content (AvgIpc) is 3.71. The number of benzene rings is 5. The van der Waals surface area contributed by atoms with Crippen LogP contribution in [-0.2, 0) is 42.5 Å². The monoisotopic (exact) mass is 744 g/mol. The van der Waals surface area contributed by atoms with Gasteiger partial charge in [0.15, 0.2) is 0 Å². The molecule has 0 unspecified atom stereocenters. The Kier molecular flexibility index (Phi) is 15.1. The van der Waals surface area contributed by atoms with E-state index in [1.165, 1.54) is 101 Å². The van der Waals surface area contributed by atoms with E-state index >= 15 is 0 Å². The fraction of sp³-hybridized carbons (Fsp3) is 0.200. The van der Waals surface area contributed by atoms with Crippen molar-refractivity contribution in [3.8, 4) is 33.4 Å². The normalized spacial score (nSPS) is 10.9. The van der Waals surface area contributed by atoms with Crippen molar-refractivity contribution in [3.63, 3.8) is 0 Å². The van der Waals surface area contributed by atoms with Crippen LogP contribution in [-0.4, -0.2) is 3.21 Å². The molecule has 0 heterocycles. The van der Waals surface area contributed by atoms with Crippen molar-refractivity contribution in [2.45, 2.75) is 59.3 Å². The molecule has 0 N–H and O–H groups in total. The molecule has 0 aromatic heterocycles. The van der Waals surface area contributed by atoms with Gasteiger partial charge in [-0.2, -0.15) is 23.3 Å². The van der Waals surface area contributed by atoms with E-state index in [0.717, 1.165) is 6.42 Å². The fourth-order valence-corrected chi connectivity index (χ4v) is 6.22. The zero-order valence-electron chi connectivity index (χ0n) is 28.7. The first kappa shape index (κ1) is 39.2. The van der Waals surface area contributed by atoms with E-state index in [4.69, 9.17) is 0 Å². The zero-order valence-corrected chi connectivity index (χ0v) is 32.6. The third kappa shape index (κ3) is 10.4. The predicted molar refractivity (Wildman–Crippen MR) is 195 cm³/mol. The van der Waals surface area contributed by atoms with Crippen LogP contribution in [0.5, 0.6) is 0 Å². The molecule has 7 rings (SSSR count). The number of rotatable bonds is 5. The molecular formula is C45H44Cl2Zr-2. The number of hydrogen-bond acceptors (Lipinski definition) is 0. The van der Waals surface area contributed by atoms with Gasteiger partial charge >= 0.3 is 70.3 Å². The molecule has 0 spiro atoms. The summed E-state index contributed by atoms with van der Waals surface area (Å²) in [4.78, 5) is 0. The summed E-state index contributed by atoms with van der Waals surface area (Å²) in [6, 6.07) is 53.3. The smallest absolute Gasteiger partial charge is 0.0181 e. The quantitative estimate of drug-likeness (QED) is 0.195. The van der Waals surface area contributed by atoms with Crippen LogP contribution in [0.4, 0.5) is 0 Å². The maximum atomic E-state index is 3.65. The Morgan fingerprint density at radius 2 is 1.29 bits per heavy atom. The summed E-state index contributed by atoms with van der Waals surface area (Å²) in [7, 11) is 0. The molecule has 0 fully saturated rings. The van der Waals surface area contributed by atoms with Gasteiger partial charge in [-0.15, -0.1) is 29.3 Å². The maximum Gasteiger partial charge on any atom is -0.0181 e. The molecule has 0 aliphatic heterocycles. The Morgan fingerprint density at radius 1 is 0.708 bits per heavy atom. The third-order valence-electron chi connectivity index (χ3n) is 8.41. The second-order valence-corrected chi connectivity index (χ2v) is 14.9. The van der Waals surface area contributed by atoms with Gasteiger partial charge in [-0.3, -0.25) is 0 Å². The summed E-state index contributed by atoms with van der Waals surface area (Å²) in [6.45, 7) is 11.2. The van der Waals surface area contributed by atoms with E-state index in [9.17, 15) is 0 Å². The molecule has 0 atom stereocenters. The third-order valence-corrected chi connectivity index (χ3v) is 9.12. The van der Waals surface area contributed by atoms with Gasteiger partial charge in [0.2, 0.25) is 0 Å². The largest absolute Gasteiger partial charge is 1.00 e. The van der Waals surface area contributed by atoms with Crippen LogP contribution in [0, 0.1) is 6.07 Å². The van der Waals surface area contributed by atoms with Crippen molar-refractivity contribution < 1.29 is 49.0 Å². The van der Waals surface area contributed by atoms with Gasteiger partial charge in [-0.05, 0) is 23.1 Å². The van der Waals surface area contributed by atoms with E-state index < -0.39 is 0 Å². The van der Waals surface area contributed by atoms with Crippen molar-refractivity contribution in [1.29, 1.82) is 0 Å². The SMILES string of the molecule is CCCc1cc(C(C)(C)C)c[cH-]1.C[C](=[Zr+2])c1ccccc1.[Cl-].[Cl-].[c-]1c(-c2ccccc2)ccc2c1Cc1cc(-c3ccccc3)ccc1-2. The Morgan fingerprint density at radius 3 is 1.83 bits per heavy atom. The Labute approximate surface area is 316 Å². The average molecular weight is 747 g/mol. The second-order valence-electron chi connectivity index (χ2n) is 13.0. The minimum atomic E-state index is 0. The standard InChI is InChI=1S/C25H17.C12H19.C8H8.2ClH.Zr/c1-3-7-18(8-4-1)20-11-13-24-22(15-20)17-23-16-21(12-14-25(23)24)19-9-5-2-6-10-19;1-5-6-10-7-8-11(9-10)12(2,3)4;1-2-8-6-4-3-5-7-8;;;/h1-15H,17H2;7-9H,5-6H2,1-4H3;3-7H,1H3;2*1H;/q2*-1;;;;+2/p-2. The maximum absolute atomic E-state index is 3.65. The first-order chi connectivity index (χ1) is 22.2. The van der Waals surface area contributed by atoms with Crippen molar-refractivity contribution in [2.24, 2.45) is 0 Å². The van der Waals surface area contributed by atoms with Gasteiger partial charge in [-0.1, -0.05) is 142 Å². The molecule has 6 aromatic carbocycles. The van der Waals surface area contributed by atoms with Crippen LogP contribution >= 0.6 is 0 Å². The van der Waals surface area contributed by atoms with Gasteiger partial charge in [-0.25, -0.2) is 6.07 Å². The summed E-state index contributed by atoms with van der Waals surface area (Å²) in [6.07, 6.45) is 3.43. The van der Waals surface area contributed by atoms with Crippen LogP contribution in [0.3, 0.4) is 0 Å². The van der Waals surface area contributed by atoms with E-state index in [1.807, 2.05) is 6.07 Å². The zero-order chi connectivity index (χ0) is 32.5. The second kappa shape index (κ2) is 18.5. The molecule has 1 aliphatic carbocycles. The van der Waals surface area contributed by atoms with Gasteiger partial charge in [0.05, 0.1) is 0 Å². The first-order valence-electron chi connectivity index (χ1n) is 16.4. The van der Waals surface area contributed by atoms with Crippen LogP contribution in [0.2, 0.25) is 0 Å². The molecule has 48 heavy (non-hydrogen) atoms. The predicted octanol–water partition coefficient (Wildman–Crippen LogP) is 5.83. The van der Waals surface area contributed by atoms with Crippen LogP contribution in [0.15, 0.2) is 140 Å². The van der Waals surface area contributed by atoms with E-state index in [1.54, 1.807) is 0 Å². The van der Waals surface area contributed by atoms with Crippen LogP contribution < -0.4 is 24.8 Å². The van der Waals surface area contributed by atoms with Crippen LogP contribution in [0.25, 0.3) is 33.4 Å². The summed E-state index contributed by atoms with van der Waals surface area (Å²) in [5.74, 6) is 0. The number of halogens is 2. The van der Waals surface area contributed by atoms with Gasteiger partial charge in [0, 0.05) is 0 Å². The van der Waals surface area contributed by atoms with Crippen molar-refractivity contribution in [2.75, 3.05) is 0 Å². The molecular weight excluding hydrogens is 703 g/mol. The molecule has 1 aliphatic rings. The topological polar surface area (TPSA) is 0 Å². The summed E-state index contributed by atoms with van der Waals surface area (Å²) >= 11 is 1.51. The Hall–Kier alpha value is -3.22. The van der Waals surface area contributed by atoms with Crippen molar-refractivity contribution in [3.05, 3.63) is 173 Å². The molecule has 6 aromatic rings. The number of fused-ring (bicyclic) bond motifs is 3. The molecule has 0 amide bonds. The van der Waals surface area contributed by atoms with E-state index in [-0.39, 0.29) is 24.8 Å². The van der Waals surface area contributed by atoms with Crippen molar-refractivity contribution >= 4 is 3.21 Å². The number of aryl methyl sites for hydroxylation is 1. The first-order valence-corrected chi connectivity index (χ1v) is 17.6. The van der Waals surface area contributed by atoms with Crippen LogP contribution in [0.1, 0.15) is 68.9 Å². The Bertz CT molecular complexity index is 1780. The summed E-state index contributed by atoms with van der Waals surface area (Å²) in [5.41, 5.74) is 15.0. The van der Waals surface area contributed by atoms with E-state index in [0.29, 0.717) is 5.41 Å². The minimum Gasteiger partial charge on any atom is -1.00 e. The molecule has 0 nitrogen and oxygen atoms in total. The molecule has 0 saturated carbocycles.